The summed E-state index contributed by atoms with van der Waals surface area (Å²) in [6.07, 6.45) is -0.692. The quantitative estimate of drug-likeness (QED) is 0.689. The fraction of sp³-hybridized carbons (Fsp3) is 0.364. The van der Waals surface area contributed by atoms with Crippen molar-refractivity contribution in [2.45, 2.75) is 13.0 Å². The van der Waals surface area contributed by atoms with E-state index in [0.717, 1.165) is 5.56 Å². The summed E-state index contributed by atoms with van der Waals surface area (Å²) in [5.41, 5.74) is 1.54. The van der Waals surface area contributed by atoms with E-state index in [1.165, 1.54) is 6.07 Å². The summed E-state index contributed by atoms with van der Waals surface area (Å²) < 4.78 is 0. The second-order valence-corrected chi connectivity index (χ2v) is 3.80. The number of aromatic carboxylic acids is 1. The van der Waals surface area contributed by atoms with Crippen molar-refractivity contribution in [1.82, 2.24) is 0 Å². The number of para-hydroxylation sites is 1. The zero-order valence-corrected chi connectivity index (χ0v) is 9.66. The molecule has 16 heavy (non-hydrogen) atoms. The Kier molecular flexibility index (Phi) is 4.58. The van der Waals surface area contributed by atoms with Crippen molar-refractivity contribution in [3.63, 3.8) is 0 Å². The molecule has 0 amide bonds. The first-order valence-electron chi connectivity index (χ1n) is 4.87. The molecule has 0 aliphatic carbocycles. The molecule has 1 atom stereocenters. The van der Waals surface area contributed by atoms with Gasteiger partial charge in [-0.1, -0.05) is 12.1 Å². The van der Waals surface area contributed by atoms with Crippen LogP contribution < -0.4 is 5.32 Å². The molecule has 1 unspecified atom stereocenters. The number of aryl methyl sites for hydroxylation is 1. The topological polar surface area (TPSA) is 69.6 Å². The van der Waals surface area contributed by atoms with Crippen LogP contribution in [0.1, 0.15) is 15.9 Å². The Hall–Kier alpha value is -1.26. The lowest BCUT2D eigenvalue weighted by Gasteiger charge is -2.14. The van der Waals surface area contributed by atoms with Crippen LogP contribution >= 0.6 is 11.6 Å². The Morgan fingerprint density at radius 1 is 1.56 bits per heavy atom. The van der Waals surface area contributed by atoms with Gasteiger partial charge in [0.15, 0.2) is 0 Å². The third-order valence-electron chi connectivity index (χ3n) is 2.20. The summed E-state index contributed by atoms with van der Waals surface area (Å²) in [7, 11) is 0. The van der Waals surface area contributed by atoms with Gasteiger partial charge < -0.3 is 15.5 Å². The molecule has 1 aromatic rings. The van der Waals surface area contributed by atoms with Crippen molar-refractivity contribution < 1.29 is 15.0 Å². The highest BCUT2D eigenvalue weighted by Gasteiger charge is 2.12. The summed E-state index contributed by atoms with van der Waals surface area (Å²) in [6.45, 7) is 2.04. The van der Waals surface area contributed by atoms with Crippen molar-refractivity contribution in [2.75, 3.05) is 17.7 Å². The number of anilines is 1. The molecule has 3 N–H and O–H groups in total. The van der Waals surface area contributed by atoms with E-state index in [4.69, 9.17) is 16.7 Å². The van der Waals surface area contributed by atoms with Crippen LogP contribution in [0, 0.1) is 6.92 Å². The van der Waals surface area contributed by atoms with Gasteiger partial charge in [0, 0.05) is 6.54 Å². The predicted molar refractivity (Wildman–Crippen MR) is 63.4 cm³/mol. The van der Waals surface area contributed by atoms with Gasteiger partial charge in [0.05, 0.1) is 23.2 Å². The number of rotatable bonds is 5. The predicted octanol–water partition coefficient (Wildman–Crippen LogP) is 1.70. The minimum absolute atomic E-state index is 0.112. The fourth-order valence-electron chi connectivity index (χ4n) is 1.36. The normalized spacial score (nSPS) is 12.2. The molecule has 0 spiro atoms. The Balaban J connectivity index is 2.88. The molecule has 0 saturated carbocycles. The molecule has 0 aliphatic rings. The molecule has 0 aliphatic heterocycles. The van der Waals surface area contributed by atoms with Crippen LogP contribution in [0.3, 0.4) is 0 Å². The Labute approximate surface area is 98.9 Å². The van der Waals surface area contributed by atoms with Crippen molar-refractivity contribution in [1.29, 1.82) is 0 Å². The van der Waals surface area contributed by atoms with E-state index in [1.54, 1.807) is 6.07 Å². The highest BCUT2D eigenvalue weighted by molar-refractivity contribution is 6.18. The van der Waals surface area contributed by atoms with Crippen molar-refractivity contribution >= 4 is 23.3 Å². The number of benzene rings is 1. The molecule has 0 heterocycles. The maximum atomic E-state index is 11.0. The SMILES string of the molecule is Cc1cccc(C(=O)O)c1NCC(O)CCl. The van der Waals surface area contributed by atoms with Gasteiger partial charge in [0.25, 0.3) is 0 Å². The number of carbonyl (C=O) groups is 1. The lowest BCUT2D eigenvalue weighted by Crippen LogP contribution is -2.22. The molecule has 88 valence electrons. The second-order valence-electron chi connectivity index (χ2n) is 3.49. The smallest absolute Gasteiger partial charge is 0.337 e. The number of aliphatic hydroxyl groups is 1. The number of hydrogen-bond donors (Lipinski definition) is 3. The van der Waals surface area contributed by atoms with Crippen LogP contribution in [0.5, 0.6) is 0 Å². The summed E-state index contributed by atoms with van der Waals surface area (Å²) >= 11 is 5.45. The molecular formula is C11H14ClNO3. The van der Waals surface area contributed by atoms with Crippen LogP contribution in [-0.4, -0.2) is 34.7 Å². The van der Waals surface area contributed by atoms with Crippen molar-refractivity contribution in [3.05, 3.63) is 29.3 Å². The number of aliphatic hydroxyl groups excluding tert-OH is 1. The number of alkyl halides is 1. The van der Waals surface area contributed by atoms with E-state index < -0.39 is 12.1 Å². The lowest BCUT2D eigenvalue weighted by molar-refractivity contribution is 0.0697. The van der Waals surface area contributed by atoms with Gasteiger partial charge in [-0.15, -0.1) is 11.6 Å². The Bertz CT molecular complexity index is 381. The van der Waals surface area contributed by atoms with E-state index >= 15 is 0 Å². The molecule has 0 saturated heterocycles. The van der Waals surface area contributed by atoms with E-state index in [0.29, 0.717) is 5.69 Å². The highest BCUT2D eigenvalue weighted by Crippen LogP contribution is 2.20. The highest BCUT2D eigenvalue weighted by atomic mass is 35.5. The van der Waals surface area contributed by atoms with Gasteiger partial charge in [-0.05, 0) is 18.6 Å². The zero-order chi connectivity index (χ0) is 12.1. The molecular weight excluding hydrogens is 230 g/mol. The van der Waals surface area contributed by atoms with Crippen LogP contribution in [0.2, 0.25) is 0 Å². The first-order chi connectivity index (χ1) is 7.56. The third-order valence-corrected chi connectivity index (χ3v) is 2.55. The number of hydrogen-bond acceptors (Lipinski definition) is 3. The van der Waals surface area contributed by atoms with Gasteiger partial charge in [0.1, 0.15) is 0 Å². The summed E-state index contributed by atoms with van der Waals surface area (Å²) in [6, 6.07) is 5.01. The number of carboxylic acids is 1. The third kappa shape index (κ3) is 3.12. The van der Waals surface area contributed by atoms with Crippen molar-refractivity contribution in [2.24, 2.45) is 0 Å². The largest absolute Gasteiger partial charge is 0.478 e. The zero-order valence-electron chi connectivity index (χ0n) is 8.90. The van der Waals surface area contributed by atoms with Gasteiger partial charge >= 0.3 is 5.97 Å². The Morgan fingerprint density at radius 3 is 2.81 bits per heavy atom. The van der Waals surface area contributed by atoms with Crippen LogP contribution in [-0.2, 0) is 0 Å². The van der Waals surface area contributed by atoms with E-state index in [2.05, 4.69) is 5.32 Å². The summed E-state index contributed by atoms with van der Waals surface area (Å²) in [5, 5.41) is 21.2. The molecule has 1 aromatic carbocycles. The number of nitrogens with one attached hydrogen (secondary N) is 1. The molecule has 0 bridgehead atoms. The molecule has 0 fully saturated rings. The minimum atomic E-state index is -0.994. The number of halogens is 1. The van der Waals surface area contributed by atoms with E-state index in [1.807, 2.05) is 13.0 Å². The van der Waals surface area contributed by atoms with Gasteiger partial charge in [-0.25, -0.2) is 4.79 Å². The number of carboxylic acid groups (broad SMARTS) is 1. The average Bonchev–Trinajstić information content (AvgIpc) is 2.26. The van der Waals surface area contributed by atoms with Crippen molar-refractivity contribution in [3.8, 4) is 0 Å². The molecule has 1 rings (SSSR count). The summed E-state index contributed by atoms with van der Waals surface area (Å²) in [4.78, 5) is 11.0. The first-order valence-corrected chi connectivity index (χ1v) is 5.40. The molecule has 0 radical (unpaired) electrons. The maximum absolute atomic E-state index is 11.0. The average molecular weight is 244 g/mol. The monoisotopic (exact) mass is 243 g/mol. The van der Waals surface area contributed by atoms with E-state index in [9.17, 15) is 9.90 Å². The molecule has 0 aromatic heterocycles. The standard InChI is InChI=1S/C11H14ClNO3/c1-7-3-2-4-9(11(15)16)10(7)13-6-8(14)5-12/h2-4,8,13-14H,5-6H2,1H3,(H,15,16). The van der Waals surface area contributed by atoms with Crippen LogP contribution in [0.15, 0.2) is 18.2 Å². The molecule has 4 nitrogen and oxygen atoms in total. The minimum Gasteiger partial charge on any atom is -0.478 e. The summed E-state index contributed by atoms with van der Waals surface area (Å²) in [5.74, 6) is -0.882. The van der Waals surface area contributed by atoms with Gasteiger partial charge in [-0.2, -0.15) is 0 Å². The van der Waals surface area contributed by atoms with E-state index in [-0.39, 0.29) is 18.0 Å². The van der Waals surface area contributed by atoms with Crippen LogP contribution in [0.4, 0.5) is 5.69 Å². The maximum Gasteiger partial charge on any atom is 0.337 e. The first kappa shape index (κ1) is 12.8. The lowest BCUT2D eigenvalue weighted by atomic mass is 10.1. The second kappa shape index (κ2) is 5.72. The fourth-order valence-corrected chi connectivity index (χ4v) is 1.46. The van der Waals surface area contributed by atoms with Crippen LogP contribution in [0.25, 0.3) is 0 Å². The van der Waals surface area contributed by atoms with Gasteiger partial charge in [-0.3, -0.25) is 0 Å². The molecule has 5 heteroatoms. The Morgan fingerprint density at radius 2 is 2.25 bits per heavy atom. The van der Waals surface area contributed by atoms with Gasteiger partial charge in [0.2, 0.25) is 0 Å².